The van der Waals surface area contributed by atoms with Crippen LogP contribution in [0.5, 0.6) is 0 Å². The predicted molar refractivity (Wildman–Crippen MR) is 260 cm³/mol. The van der Waals surface area contributed by atoms with Crippen molar-refractivity contribution in [3.8, 4) is 44.5 Å². The minimum atomic E-state index is -0.624. The van der Waals surface area contributed by atoms with E-state index in [1.165, 1.54) is 94.7 Å². The molecule has 294 valence electrons. The molecule has 2 spiro atoms. The van der Waals surface area contributed by atoms with Crippen LogP contribution in [0.15, 0.2) is 249 Å². The first-order chi connectivity index (χ1) is 31.3. The second-order valence-electron chi connectivity index (χ2n) is 17.1. The Morgan fingerprint density at radius 3 is 1.05 bits per heavy atom. The molecule has 0 N–H and O–H groups in total. The van der Waals surface area contributed by atoms with E-state index in [2.05, 4.69) is 254 Å². The van der Waals surface area contributed by atoms with Gasteiger partial charge < -0.3 is 4.90 Å². The van der Waals surface area contributed by atoms with Gasteiger partial charge in [0.15, 0.2) is 0 Å². The highest BCUT2D eigenvalue weighted by Crippen LogP contribution is 2.69. The van der Waals surface area contributed by atoms with Crippen molar-refractivity contribution >= 4 is 17.1 Å². The molecule has 3 aliphatic rings. The lowest BCUT2D eigenvalue weighted by Crippen LogP contribution is -2.44. The van der Waals surface area contributed by atoms with Gasteiger partial charge in [-0.15, -0.1) is 0 Å². The molecule has 1 nitrogen and oxygen atoms in total. The summed E-state index contributed by atoms with van der Waals surface area (Å²) in [5.41, 5.74) is 22.8. The van der Waals surface area contributed by atoms with Crippen LogP contribution >= 0.6 is 0 Å². The minimum Gasteiger partial charge on any atom is -0.310 e. The van der Waals surface area contributed by atoms with Gasteiger partial charge in [-0.25, -0.2) is 0 Å². The van der Waals surface area contributed by atoms with E-state index in [-0.39, 0.29) is 0 Å². The third-order valence-electron chi connectivity index (χ3n) is 14.2. The van der Waals surface area contributed by atoms with E-state index in [0.717, 1.165) is 11.4 Å². The van der Waals surface area contributed by atoms with Gasteiger partial charge in [0.25, 0.3) is 0 Å². The van der Waals surface area contributed by atoms with E-state index >= 15 is 0 Å². The van der Waals surface area contributed by atoms with Crippen molar-refractivity contribution in [1.82, 2.24) is 0 Å². The molecule has 0 saturated heterocycles. The molecule has 0 heterocycles. The van der Waals surface area contributed by atoms with Crippen LogP contribution in [0.3, 0.4) is 0 Å². The highest BCUT2D eigenvalue weighted by atomic mass is 15.1. The van der Waals surface area contributed by atoms with Gasteiger partial charge >= 0.3 is 0 Å². The first kappa shape index (κ1) is 35.7. The Labute approximate surface area is 368 Å². The van der Waals surface area contributed by atoms with E-state index < -0.39 is 10.8 Å². The summed E-state index contributed by atoms with van der Waals surface area (Å²) >= 11 is 0. The Bertz CT molecular complexity index is 3290. The average Bonchev–Trinajstić information content (AvgIpc) is 3.83. The van der Waals surface area contributed by atoms with Gasteiger partial charge in [0.2, 0.25) is 0 Å². The Morgan fingerprint density at radius 1 is 0.222 bits per heavy atom. The average molecular weight is 800 g/mol. The van der Waals surface area contributed by atoms with Crippen molar-refractivity contribution in [3.63, 3.8) is 0 Å². The maximum atomic E-state index is 2.51. The lowest BCUT2D eigenvalue weighted by molar-refractivity contribution is 0.633. The standard InChI is InChI=1S/C62H41N/c1-3-18-42(19-4-1)43-34-36-44(37-35-43)45-38-40-47(41-39-45)63(46-20-5-2-6-21-46)59-33-17-32-58-60(59)62(54-28-13-9-24-50(54)51-25-10-14-29-55(51)62)57-31-16-15-30-56(57)61(58)52-26-11-7-22-48(52)49-23-8-12-27-53(49)61/h1-41H. The molecule has 63 heavy (non-hydrogen) atoms. The monoisotopic (exact) mass is 799 g/mol. The smallest absolute Gasteiger partial charge is 0.0740 e. The molecule has 0 fully saturated rings. The van der Waals surface area contributed by atoms with Crippen LogP contribution in [0.25, 0.3) is 44.5 Å². The Morgan fingerprint density at radius 2 is 0.556 bits per heavy atom. The van der Waals surface area contributed by atoms with Crippen molar-refractivity contribution in [3.05, 3.63) is 293 Å². The van der Waals surface area contributed by atoms with E-state index in [1.54, 1.807) is 0 Å². The lowest BCUT2D eigenvalue weighted by atomic mass is 9.52. The van der Waals surface area contributed by atoms with Crippen molar-refractivity contribution in [2.24, 2.45) is 0 Å². The van der Waals surface area contributed by atoms with Crippen molar-refractivity contribution in [1.29, 1.82) is 0 Å². The predicted octanol–water partition coefficient (Wildman–Crippen LogP) is 15.5. The fourth-order valence-corrected chi connectivity index (χ4v) is 11.8. The molecule has 1 heteroatoms. The topological polar surface area (TPSA) is 3.24 Å². The molecular formula is C62H41N. The highest BCUT2D eigenvalue weighted by molar-refractivity contribution is 5.97. The maximum absolute atomic E-state index is 2.51. The number of fused-ring (bicyclic) bond motifs is 16. The summed E-state index contributed by atoms with van der Waals surface area (Å²) < 4.78 is 0. The molecule has 0 bridgehead atoms. The third kappa shape index (κ3) is 4.88. The zero-order valence-electron chi connectivity index (χ0n) is 34.6. The number of rotatable bonds is 5. The highest BCUT2D eigenvalue weighted by Gasteiger charge is 2.60. The van der Waals surface area contributed by atoms with E-state index in [1.807, 2.05) is 0 Å². The van der Waals surface area contributed by atoms with Crippen LogP contribution in [0.4, 0.5) is 17.1 Å². The summed E-state index contributed by atoms with van der Waals surface area (Å²) in [6.07, 6.45) is 0. The summed E-state index contributed by atoms with van der Waals surface area (Å²) in [4.78, 5) is 2.51. The summed E-state index contributed by atoms with van der Waals surface area (Å²) in [5.74, 6) is 0. The first-order valence-corrected chi connectivity index (χ1v) is 22.0. The van der Waals surface area contributed by atoms with E-state index in [9.17, 15) is 0 Å². The number of hydrogen-bond donors (Lipinski definition) is 0. The third-order valence-corrected chi connectivity index (χ3v) is 14.2. The van der Waals surface area contributed by atoms with Crippen LogP contribution in [0.2, 0.25) is 0 Å². The zero-order chi connectivity index (χ0) is 41.5. The van der Waals surface area contributed by atoms with Crippen LogP contribution in [0.1, 0.15) is 44.5 Å². The molecule has 13 rings (SSSR count). The molecule has 0 atom stereocenters. The molecule has 0 unspecified atom stereocenters. The summed E-state index contributed by atoms with van der Waals surface area (Å²) in [6.45, 7) is 0. The number of hydrogen-bond acceptors (Lipinski definition) is 1. The second-order valence-corrected chi connectivity index (χ2v) is 17.1. The molecule has 0 aromatic heterocycles. The molecule has 10 aromatic rings. The fourth-order valence-electron chi connectivity index (χ4n) is 11.8. The van der Waals surface area contributed by atoms with Crippen LogP contribution < -0.4 is 4.90 Å². The van der Waals surface area contributed by atoms with E-state index in [4.69, 9.17) is 0 Å². The number of nitrogens with zero attached hydrogens (tertiary/aromatic N) is 1. The largest absolute Gasteiger partial charge is 0.310 e. The molecule has 0 aliphatic heterocycles. The van der Waals surface area contributed by atoms with Gasteiger partial charge in [0, 0.05) is 16.9 Å². The quantitative estimate of drug-likeness (QED) is 0.168. The summed E-state index contributed by atoms with van der Waals surface area (Å²) in [7, 11) is 0. The molecule has 10 aromatic carbocycles. The lowest BCUT2D eigenvalue weighted by Gasteiger charge is -2.50. The maximum Gasteiger partial charge on any atom is 0.0740 e. The van der Waals surface area contributed by atoms with Gasteiger partial charge in [-0.1, -0.05) is 218 Å². The van der Waals surface area contributed by atoms with Crippen LogP contribution in [-0.4, -0.2) is 0 Å². The Kier molecular flexibility index (Phi) is 7.80. The molecule has 0 amide bonds. The number of para-hydroxylation sites is 1. The normalized spacial score (nSPS) is 14.0. The number of benzene rings is 10. The molecule has 3 aliphatic carbocycles. The Hall–Kier alpha value is -8.00. The fraction of sp³-hybridized carbons (Fsp3) is 0.0323. The zero-order valence-corrected chi connectivity index (χ0v) is 34.6. The summed E-state index contributed by atoms with van der Waals surface area (Å²) in [6, 6.07) is 92.8. The molecule has 0 saturated carbocycles. The van der Waals surface area contributed by atoms with Crippen molar-refractivity contribution in [2.75, 3.05) is 4.90 Å². The van der Waals surface area contributed by atoms with Gasteiger partial charge in [0.05, 0.1) is 16.5 Å². The molecular weight excluding hydrogens is 759 g/mol. The van der Waals surface area contributed by atoms with Gasteiger partial charge in [-0.3, -0.25) is 0 Å². The van der Waals surface area contributed by atoms with Crippen LogP contribution in [0, 0.1) is 0 Å². The van der Waals surface area contributed by atoms with Crippen molar-refractivity contribution < 1.29 is 0 Å². The second kappa shape index (κ2) is 13.8. The van der Waals surface area contributed by atoms with E-state index in [0.29, 0.717) is 0 Å². The Balaban J connectivity index is 1.11. The van der Waals surface area contributed by atoms with Crippen molar-refractivity contribution in [2.45, 2.75) is 10.8 Å². The minimum absolute atomic E-state index is 0.565. The SMILES string of the molecule is c1ccc(-c2ccc(-c3ccc(N(c4ccccc4)c4cccc5c4C4(c6ccccc6-c6ccccc64)c4ccccc4C54c5ccccc5-c5ccccc54)cc3)cc2)cc1. The van der Waals surface area contributed by atoms with Gasteiger partial charge in [-0.2, -0.15) is 0 Å². The number of anilines is 3. The van der Waals surface area contributed by atoms with Crippen LogP contribution in [-0.2, 0) is 10.8 Å². The van der Waals surface area contributed by atoms with Gasteiger partial charge in [0.1, 0.15) is 0 Å². The summed E-state index contributed by atoms with van der Waals surface area (Å²) in [5, 5.41) is 0. The first-order valence-electron chi connectivity index (χ1n) is 22.0. The molecule has 0 radical (unpaired) electrons. The van der Waals surface area contributed by atoms with Gasteiger partial charge in [-0.05, 0) is 114 Å².